The first-order valence-electron chi connectivity index (χ1n) is 8.40. The van der Waals surface area contributed by atoms with Gasteiger partial charge >= 0.3 is 0 Å². The summed E-state index contributed by atoms with van der Waals surface area (Å²) in [7, 11) is 0. The molecule has 0 radical (unpaired) electrons. The predicted molar refractivity (Wildman–Crippen MR) is 80.5 cm³/mol. The molecule has 3 heteroatoms. The minimum atomic E-state index is 0.581. The zero-order chi connectivity index (χ0) is 13.5. The van der Waals surface area contributed by atoms with Crippen molar-refractivity contribution in [2.75, 3.05) is 32.8 Å². The van der Waals surface area contributed by atoms with Gasteiger partial charge in [0.15, 0.2) is 0 Å². The molecule has 1 saturated heterocycles. The van der Waals surface area contributed by atoms with E-state index >= 15 is 0 Å². The van der Waals surface area contributed by atoms with E-state index in [-0.39, 0.29) is 0 Å². The Bertz CT molecular complexity index is 241. The van der Waals surface area contributed by atoms with Crippen LogP contribution in [-0.4, -0.2) is 49.8 Å². The summed E-state index contributed by atoms with van der Waals surface area (Å²) in [6, 6.07) is 1.42. The lowest BCUT2D eigenvalue weighted by Crippen LogP contribution is -2.45. The summed E-state index contributed by atoms with van der Waals surface area (Å²) in [5.74, 6) is 0.688. The van der Waals surface area contributed by atoms with Crippen molar-refractivity contribution < 1.29 is 4.74 Å². The maximum absolute atomic E-state index is 5.71. The molecule has 3 nitrogen and oxygen atoms in total. The molecule has 0 spiro atoms. The highest BCUT2D eigenvalue weighted by Crippen LogP contribution is 2.25. The van der Waals surface area contributed by atoms with Gasteiger partial charge in [-0.15, -0.1) is 0 Å². The summed E-state index contributed by atoms with van der Waals surface area (Å²) < 4.78 is 5.71. The molecule has 1 aliphatic carbocycles. The maximum Gasteiger partial charge on any atom is 0.0623 e. The molecule has 1 saturated carbocycles. The summed E-state index contributed by atoms with van der Waals surface area (Å²) in [5.41, 5.74) is 0. The van der Waals surface area contributed by atoms with Crippen molar-refractivity contribution in [2.24, 2.45) is 5.92 Å². The van der Waals surface area contributed by atoms with E-state index in [2.05, 4.69) is 24.1 Å². The third-order valence-electron chi connectivity index (χ3n) is 4.82. The molecule has 0 aromatic rings. The van der Waals surface area contributed by atoms with Crippen LogP contribution >= 0.6 is 0 Å². The van der Waals surface area contributed by atoms with E-state index in [4.69, 9.17) is 4.74 Å². The molecular formula is C16H32N2O. The van der Waals surface area contributed by atoms with Crippen LogP contribution in [0.1, 0.15) is 52.4 Å². The minimum absolute atomic E-state index is 0.581. The quantitative estimate of drug-likeness (QED) is 0.768. The van der Waals surface area contributed by atoms with Crippen molar-refractivity contribution in [1.29, 1.82) is 0 Å². The Morgan fingerprint density at radius 1 is 1.11 bits per heavy atom. The van der Waals surface area contributed by atoms with Crippen molar-refractivity contribution in [2.45, 2.75) is 64.5 Å². The fraction of sp³-hybridized carbons (Fsp3) is 1.00. The number of hydrogen-bond acceptors (Lipinski definition) is 3. The van der Waals surface area contributed by atoms with Gasteiger partial charge in [0.25, 0.3) is 0 Å². The van der Waals surface area contributed by atoms with Gasteiger partial charge in [-0.3, -0.25) is 0 Å². The molecule has 1 heterocycles. The van der Waals surface area contributed by atoms with Gasteiger partial charge in [-0.25, -0.2) is 0 Å². The third-order valence-corrected chi connectivity index (χ3v) is 4.82. The van der Waals surface area contributed by atoms with Gasteiger partial charge < -0.3 is 15.0 Å². The van der Waals surface area contributed by atoms with E-state index in [1.54, 1.807) is 0 Å². The van der Waals surface area contributed by atoms with E-state index in [0.29, 0.717) is 12.0 Å². The van der Waals surface area contributed by atoms with Gasteiger partial charge in [-0.1, -0.05) is 33.1 Å². The van der Waals surface area contributed by atoms with Gasteiger partial charge in [0.1, 0.15) is 0 Å². The van der Waals surface area contributed by atoms with Crippen LogP contribution in [0.15, 0.2) is 0 Å². The van der Waals surface area contributed by atoms with Crippen LogP contribution in [0.5, 0.6) is 0 Å². The number of nitrogens with zero attached hydrogens (tertiary/aromatic N) is 1. The largest absolute Gasteiger partial charge is 0.379 e. The van der Waals surface area contributed by atoms with Crippen molar-refractivity contribution in [3.05, 3.63) is 0 Å². The lowest BCUT2D eigenvalue weighted by Gasteiger charge is -2.36. The van der Waals surface area contributed by atoms with Crippen LogP contribution in [0.25, 0.3) is 0 Å². The van der Waals surface area contributed by atoms with Crippen LogP contribution < -0.4 is 5.32 Å². The molecule has 2 rings (SSSR count). The van der Waals surface area contributed by atoms with Crippen LogP contribution in [0.3, 0.4) is 0 Å². The van der Waals surface area contributed by atoms with Gasteiger partial charge in [0, 0.05) is 24.5 Å². The molecule has 0 amide bonds. The van der Waals surface area contributed by atoms with E-state index in [1.807, 2.05) is 0 Å². The first-order chi connectivity index (χ1) is 9.35. The van der Waals surface area contributed by atoms with Crippen LogP contribution in [0.4, 0.5) is 0 Å². The molecule has 112 valence electrons. The second-order valence-corrected chi connectivity index (χ2v) is 6.24. The summed E-state index contributed by atoms with van der Waals surface area (Å²) in [6.45, 7) is 9.96. The molecule has 0 bridgehead atoms. The molecule has 0 aromatic heterocycles. The summed E-state index contributed by atoms with van der Waals surface area (Å²) in [4.78, 5) is 2.72. The number of ether oxygens (including phenoxy) is 1. The maximum atomic E-state index is 5.71. The zero-order valence-electron chi connectivity index (χ0n) is 12.9. The molecule has 2 unspecified atom stereocenters. The fourth-order valence-corrected chi connectivity index (χ4v) is 3.62. The molecule has 0 aromatic carbocycles. The standard InChI is InChI=1S/C16H32N2O/c1-3-10-17-16-13-19-12-14(16)11-18(4-2)15-8-6-5-7-9-15/h14-17H,3-13H2,1-2H3. The van der Waals surface area contributed by atoms with Gasteiger partial charge in [-0.05, 0) is 32.4 Å². The summed E-state index contributed by atoms with van der Waals surface area (Å²) in [5, 5.41) is 3.66. The Morgan fingerprint density at radius 2 is 1.89 bits per heavy atom. The average Bonchev–Trinajstić information content (AvgIpc) is 2.90. The van der Waals surface area contributed by atoms with Crippen molar-refractivity contribution >= 4 is 0 Å². The van der Waals surface area contributed by atoms with Gasteiger partial charge in [0.05, 0.1) is 13.2 Å². The Morgan fingerprint density at radius 3 is 2.58 bits per heavy atom. The normalized spacial score (nSPS) is 29.2. The van der Waals surface area contributed by atoms with Crippen LogP contribution in [0, 0.1) is 5.92 Å². The Balaban J connectivity index is 1.82. The Hall–Kier alpha value is -0.120. The van der Waals surface area contributed by atoms with E-state index in [0.717, 1.165) is 25.8 Å². The second kappa shape index (κ2) is 8.23. The van der Waals surface area contributed by atoms with E-state index in [1.165, 1.54) is 51.6 Å². The van der Waals surface area contributed by atoms with E-state index in [9.17, 15) is 0 Å². The van der Waals surface area contributed by atoms with Crippen molar-refractivity contribution in [3.63, 3.8) is 0 Å². The topological polar surface area (TPSA) is 24.5 Å². The molecule has 1 N–H and O–H groups in total. The fourth-order valence-electron chi connectivity index (χ4n) is 3.62. The Labute approximate surface area is 119 Å². The highest BCUT2D eigenvalue weighted by Gasteiger charge is 2.31. The van der Waals surface area contributed by atoms with Crippen LogP contribution in [0.2, 0.25) is 0 Å². The predicted octanol–water partition coefficient (Wildman–Crippen LogP) is 2.66. The third kappa shape index (κ3) is 4.44. The molecule has 1 aliphatic heterocycles. The second-order valence-electron chi connectivity index (χ2n) is 6.24. The van der Waals surface area contributed by atoms with Gasteiger partial charge in [0.2, 0.25) is 0 Å². The monoisotopic (exact) mass is 268 g/mol. The highest BCUT2D eigenvalue weighted by atomic mass is 16.5. The Kier molecular flexibility index (Phi) is 6.62. The average molecular weight is 268 g/mol. The number of hydrogen-bond donors (Lipinski definition) is 1. The summed E-state index contributed by atoms with van der Waals surface area (Å²) >= 11 is 0. The van der Waals surface area contributed by atoms with Gasteiger partial charge in [-0.2, -0.15) is 0 Å². The SMILES string of the molecule is CCCNC1COCC1CN(CC)C1CCCCC1. The molecule has 19 heavy (non-hydrogen) atoms. The smallest absolute Gasteiger partial charge is 0.0623 e. The number of rotatable bonds is 7. The van der Waals surface area contributed by atoms with Crippen LogP contribution in [-0.2, 0) is 4.74 Å². The van der Waals surface area contributed by atoms with E-state index < -0.39 is 0 Å². The zero-order valence-corrected chi connectivity index (χ0v) is 12.9. The first-order valence-corrected chi connectivity index (χ1v) is 8.40. The van der Waals surface area contributed by atoms with Crippen molar-refractivity contribution in [3.8, 4) is 0 Å². The number of nitrogens with one attached hydrogen (secondary N) is 1. The summed E-state index contributed by atoms with van der Waals surface area (Å²) in [6.07, 6.45) is 8.34. The molecule has 2 aliphatic rings. The molecular weight excluding hydrogens is 236 g/mol. The minimum Gasteiger partial charge on any atom is -0.379 e. The lowest BCUT2D eigenvalue weighted by molar-refractivity contribution is 0.124. The first kappa shape index (κ1) is 15.3. The molecule has 2 fully saturated rings. The molecule has 2 atom stereocenters. The van der Waals surface area contributed by atoms with Crippen molar-refractivity contribution in [1.82, 2.24) is 10.2 Å². The highest BCUT2D eigenvalue weighted by molar-refractivity contribution is 4.86. The lowest BCUT2D eigenvalue weighted by atomic mass is 9.92.